The Hall–Kier alpha value is 0.0900. The molecule has 20 heavy (non-hydrogen) atoms. The first-order valence-electron chi connectivity index (χ1n) is 6.90. The molecule has 1 N–H and O–H groups in total. The summed E-state index contributed by atoms with van der Waals surface area (Å²) in [6, 6.07) is 2.02. The molecule has 1 heterocycles. The van der Waals surface area contributed by atoms with Crippen LogP contribution in [-0.4, -0.2) is 19.1 Å². The molecule has 1 aromatic heterocycles. The molecule has 0 spiro atoms. The zero-order valence-electron chi connectivity index (χ0n) is 11.5. The van der Waals surface area contributed by atoms with Crippen molar-refractivity contribution in [3.63, 3.8) is 0 Å². The summed E-state index contributed by atoms with van der Waals surface area (Å²) in [4.78, 5) is 13.1. The molecule has 1 fully saturated rings. The zero-order chi connectivity index (χ0) is 14.5. The fourth-order valence-corrected chi connectivity index (χ4v) is 4.71. The van der Waals surface area contributed by atoms with Crippen LogP contribution in [0.15, 0.2) is 14.3 Å². The van der Waals surface area contributed by atoms with Gasteiger partial charge in [-0.2, -0.15) is 0 Å². The summed E-state index contributed by atoms with van der Waals surface area (Å²) in [6.07, 6.45) is 7.36. The van der Waals surface area contributed by atoms with E-state index in [2.05, 4.69) is 37.2 Å². The zero-order valence-corrected chi connectivity index (χ0v) is 15.4. The largest absolute Gasteiger partial charge is 0.468 e. The van der Waals surface area contributed by atoms with Gasteiger partial charge in [-0.25, -0.2) is 4.79 Å². The van der Waals surface area contributed by atoms with Gasteiger partial charge in [0.2, 0.25) is 0 Å². The fourth-order valence-electron chi connectivity index (χ4n) is 2.57. The smallest absolute Gasteiger partial charge is 0.328 e. The second-order valence-electron chi connectivity index (χ2n) is 5.08. The first-order chi connectivity index (χ1) is 9.61. The molecule has 112 valence electrons. The Morgan fingerprint density at radius 3 is 2.50 bits per heavy atom. The Bertz CT molecular complexity index is 437. The summed E-state index contributed by atoms with van der Waals surface area (Å²) in [5.74, 6) is -0.213. The van der Waals surface area contributed by atoms with Gasteiger partial charge in [0.15, 0.2) is 0 Å². The molecule has 0 aliphatic heterocycles. The van der Waals surface area contributed by atoms with E-state index in [9.17, 15) is 4.79 Å². The minimum absolute atomic E-state index is 0.213. The number of hydrogen-bond donors (Lipinski definition) is 1. The number of thiophene rings is 1. The molecule has 0 amide bonds. The summed E-state index contributed by atoms with van der Waals surface area (Å²) in [7, 11) is 1.45. The van der Waals surface area contributed by atoms with E-state index in [0.717, 1.165) is 26.0 Å². The lowest BCUT2D eigenvalue weighted by atomic mass is 10.1. The molecule has 6 heteroatoms. The van der Waals surface area contributed by atoms with Crippen molar-refractivity contribution in [3.05, 3.63) is 19.2 Å². The number of carbonyl (C=O) groups excluding carboxylic acids is 1. The van der Waals surface area contributed by atoms with Gasteiger partial charge in [0, 0.05) is 15.4 Å². The van der Waals surface area contributed by atoms with Crippen molar-refractivity contribution < 1.29 is 9.53 Å². The number of nitrogens with one attached hydrogen (secondary N) is 1. The number of rotatable bonds is 4. The predicted molar refractivity (Wildman–Crippen MR) is 89.1 cm³/mol. The molecule has 0 radical (unpaired) electrons. The van der Waals surface area contributed by atoms with E-state index in [1.54, 1.807) is 11.3 Å². The Balaban J connectivity index is 2.12. The average molecular weight is 425 g/mol. The van der Waals surface area contributed by atoms with E-state index in [1.807, 2.05) is 6.07 Å². The lowest BCUT2D eigenvalue weighted by molar-refractivity contribution is -0.143. The highest BCUT2D eigenvalue weighted by atomic mass is 79.9. The van der Waals surface area contributed by atoms with Crippen molar-refractivity contribution in [1.82, 2.24) is 5.32 Å². The lowest BCUT2D eigenvalue weighted by Crippen LogP contribution is -2.37. The van der Waals surface area contributed by atoms with Crippen molar-refractivity contribution in [2.24, 2.45) is 0 Å². The third-order valence-corrected chi connectivity index (χ3v) is 6.96. The Morgan fingerprint density at radius 1 is 1.35 bits per heavy atom. The summed E-state index contributed by atoms with van der Waals surface area (Å²) >= 11 is 8.53. The van der Waals surface area contributed by atoms with Crippen molar-refractivity contribution in [2.45, 2.75) is 50.6 Å². The van der Waals surface area contributed by atoms with Crippen LogP contribution in [0.4, 0.5) is 0 Å². The molecule has 0 bridgehead atoms. The maximum atomic E-state index is 12.1. The molecule has 1 atom stereocenters. The van der Waals surface area contributed by atoms with Crippen molar-refractivity contribution in [3.8, 4) is 0 Å². The third kappa shape index (κ3) is 4.29. The number of hydrogen-bond acceptors (Lipinski definition) is 4. The minimum Gasteiger partial charge on any atom is -0.468 e. The van der Waals surface area contributed by atoms with Crippen molar-refractivity contribution >= 4 is 49.2 Å². The van der Waals surface area contributed by atoms with Crippen LogP contribution in [0.5, 0.6) is 0 Å². The van der Waals surface area contributed by atoms with E-state index in [0.29, 0.717) is 6.04 Å². The second kappa shape index (κ2) is 7.92. The van der Waals surface area contributed by atoms with Gasteiger partial charge < -0.3 is 4.74 Å². The van der Waals surface area contributed by atoms with Crippen molar-refractivity contribution in [2.75, 3.05) is 7.11 Å². The number of esters is 1. The molecular formula is C14H19Br2NO2S. The van der Waals surface area contributed by atoms with Crippen LogP contribution >= 0.6 is 43.2 Å². The van der Waals surface area contributed by atoms with Crippen LogP contribution in [-0.2, 0) is 9.53 Å². The van der Waals surface area contributed by atoms with Gasteiger partial charge in [-0.05, 0) is 50.8 Å². The topological polar surface area (TPSA) is 38.3 Å². The third-order valence-electron chi connectivity index (χ3n) is 3.64. The Morgan fingerprint density at radius 2 is 2.00 bits per heavy atom. The highest BCUT2D eigenvalue weighted by Gasteiger charge is 2.27. The Labute approximate surface area is 140 Å². The lowest BCUT2D eigenvalue weighted by Gasteiger charge is -2.22. The molecule has 1 aromatic rings. The van der Waals surface area contributed by atoms with Crippen LogP contribution in [0.3, 0.4) is 0 Å². The number of ether oxygens (including phenoxy) is 1. The summed E-state index contributed by atoms with van der Waals surface area (Å²) in [5.41, 5.74) is 0. The predicted octanol–water partition coefficient (Wildman–Crippen LogP) is 4.80. The fraction of sp³-hybridized carbons (Fsp3) is 0.643. The van der Waals surface area contributed by atoms with E-state index < -0.39 is 0 Å². The maximum Gasteiger partial charge on any atom is 0.328 e. The molecular weight excluding hydrogens is 406 g/mol. The van der Waals surface area contributed by atoms with E-state index >= 15 is 0 Å². The first-order valence-corrected chi connectivity index (χ1v) is 9.30. The van der Waals surface area contributed by atoms with Gasteiger partial charge in [-0.15, -0.1) is 11.3 Å². The van der Waals surface area contributed by atoms with E-state index in [1.165, 1.54) is 32.8 Å². The van der Waals surface area contributed by atoms with E-state index in [4.69, 9.17) is 4.74 Å². The highest BCUT2D eigenvalue weighted by Crippen LogP contribution is 2.36. The monoisotopic (exact) mass is 423 g/mol. The summed E-state index contributed by atoms with van der Waals surface area (Å²) in [5, 5.41) is 3.50. The molecule has 1 aliphatic carbocycles. The SMILES string of the molecule is COC(=O)C(NC1CCCCCC1)c1cc(Br)c(Br)s1. The van der Waals surface area contributed by atoms with Crippen molar-refractivity contribution in [1.29, 1.82) is 0 Å². The average Bonchev–Trinajstić information content (AvgIpc) is 2.66. The normalized spacial score (nSPS) is 18.6. The molecule has 3 nitrogen and oxygen atoms in total. The van der Waals surface area contributed by atoms with E-state index in [-0.39, 0.29) is 12.0 Å². The van der Waals surface area contributed by atoms with Crippen LogP contribution in [0.2, 0.25) is 0 Å². The standard InChI is InChI=1S/C14H19Br2NO2S/c1-19-14(18)12(11-8-10(15)13(16)20-11)17-9-6-4-2-3-5-7-9/h8-9,12,17H,2-7H2,1H3. The molecule has 1 saturated carbocycles. The van der Waals surface area contributed by atoms with Gasteiger partial charge in [-0.3, -0.25) is 5.32 Å². The minimum atomic E-state index is -0.365. The first kappa shape index (κ1) is 16.5. The molecule has 2 rings (SSSR count). The quantitative estimate of drug-likeness (QED) is 0.557. The molecule has 0 saturated heterocycles. The number of methoxy groups -OCH3 is 1. The van der Waals surface area contributed by atoms with Gasteiger partial charge in [-0.1, -0.05) is 25.7 Å². The maximum absolute atomic E-state index is 12.1. The Kier molecular flexibility index (Phi) is 6.52. The second-order valence-corrected chi connectivity index (χ2v) is 8.34. The number of carbonyl (C=O) groups is 1. The van der Waals surface area contributed by atoms with Gasteiger partial charge in [0.1, 0.15) is 6.04 Å². The van der Waals surface area contributed by atoms with Gasteiger partial charge >= 0.3 is 5.97 Å². The summed E-state index contributed by atoms with van der Waals surface area (Å²) in [6.45, 7) is 0. The highest BCUT2D eigenvalue weighted by molar-refractivity contribution is 9.13. The number of halogens is 2. The van der Waals surface area contributed by atoms with Crippen LogP contribution in [0.1, 0.15) is 49.4 Å². The van der Waals surface area contributed by atoms with Gasteiger partial charge in [0.25, 0.3) is 0 Å². The molecule has 0 aromatic carbocycles. The van der Waals surface area contributed by atoms with Gasteiger partial charge in [0.05, 0.1) is 10.9 Å². The summed E-state index contributed by atoms with van der Waals surface area (Å²) < 4.78 is 6.95. The van der Waals surface area contributed by atoms with Crippen LogP contribution in [0.25, 0.3) is 0 Å². The van der Waals surface area contributed by atoms with Crippen LogP contribution in [0, 0.1) is 0 Å². The molecule has 1 unspecified atom stereocenters. The molecule has 1 aliphatic rings. The van der Waals surface area contributed by atoms with Crippen LogP contribution < -0.4 is 5.32 Å².